The van der Waals surface area contributed by atoms with Gasteiger partial charge in [0.1, 0.15) is 4.90 Å². The van der Waals surface area contributed by atoms with Gasteiger partial charge in [0, 0.05) is 23.2 Å². The molecule has 20 heavy (non-hydrogen) atoms. The lowest BCUT2D eigenvalue weighted by atomic mass is 10.2. The molecule has 2 heterocycles. The summed E-state index contributed by atoms with van der Waals surface area (Å²) in [6.07, 6.45) is 2.31. The van der Waals surface area contributed by atoms with Gasteiger partial charge in [-0.2, -0.15) is 11.8 Å². The number of nitrogens with one attached hydrogen (secondary N) is 2. The molecule has 1 aliphatic rings. The first-order valence-electron chi connectivity index (χ1n) is 6.93. The number of hydrogen-bond acceptors (Lipinski definition) is 5. The van der Waals surface area contributed by atoms with Crippen molar-refractivity contribution in [3.05, 3.63) is 15.8 Å². The molecule has 2 rings (SSSR count). The molecule has 4 nitrogen and oxygen atoms in total. The molecule has 0 saturated carbocycles. The zero-order valence-electron chi connectivity index (χ0n) is 11.9. The maximum Gasteiger partial charge on any atom is 0.242 e. The van der Waals surface area contributed by atoms with Crippen LogP contribution in [0.1, 0.15) is 30.2 Å². The third kappa shape index (κ3) is 3.98. The number of rotatable bonds is 7. The molecular formula is C13H22N2O2S3. The Hall–Kier alpha value is -0.0800. The Morgan fingerprint density at radius 2 is 2.25 bits per heavy atom. The highest BCUT2D eigenvalue weighted by Crippen LogP contribution is 2.28. The van der Waals surface area contributed by atoms with Crippen molar-refractivity contribution in [2.24, 2.45) is 0 Å². The van der Waals surface area contributed by atoms with E-state index in [9.17, 15) is 8.42 Å². The van der Waals surface area contributed by atoms with E-state index in [1.165, 1.54) is 17.8 Å². The van der Waals surface area contributed by atoms with Gasteiger partial charge in [0.15, 0.2) is 0 Å². The minimum atomic E-state index is -3.39. The molecule has 0 spiro atoms. The summed E-state index contributed by atoms with van der Waals surface area (Å²) in [6, 6.07) is 0. The Morgan fingerprint density at radius 1 is 1.45 bits per heavy atom. The molecule has 1 aromatic rings. The Morgan fingerprint density at radius 3 is 2.90 bits per heavy atom. The third-order valence-corrected chi connectivity index (χ3v) is 7.60. The predicted octanol–water partition coefficient (Wildman–Crippen LogP) is 2.34. The van der Waals surface area contributed by atoms with Crippen LogP contribution in [0.5, 0.6) is 0 Å². The summed E-state index contributed by atoms with van der Waals surface area (Å²) in [5.74, 6) is 1.15. The summed E-state index contributed by atoms with van der Waals surface area (Å²) in [7, 11) is -3.39. The van der Waals surface area contributed by atoms with E-state index >= 15 is 0 Å². The molecule has 1 aliphatic heterocycles. The van der Waals surface area contributed by atoms with Crippen LogP contribution in [0, 0.1) is 6.92 Å². The van der Waals surface area contributed by atoms with Gasteiger partial charge in [-0.1, -0.05) is 6.92 Å². The van der Waals surface area contributed by atoms with E-state index in [4.69, 9.17) is 0 Å². The highest BCUT2D eigenvalue weighted by atomic mass is 32.2. The second-order valence-electron chi connectivity index (χ2n) is 4.94. The summed E-state index contributed by atoms with van der Waals surface area (Å²) in [5, 5.41) is 5.56. The molecule has 1 unspecified atom stereocenters. The van der Waals surface area contributed by atoms with Crippen LogP contribution in [0.4, 0.5) is 0 Å². The fraction of sp³-hybridized carbons (Fsp3) is 0.692. The summed E-state index contributed by atoms with van der Waals surface area (Å²) < 4.78 is 27.8. The first-order valence-corrected chi connectivity index (χ1v) is 10.3. The van der Waals surface area contributed by atoms with E-state index in [-0.39, 0.29) is 0 Å². The van der Waals surface area contributed by atoms with Crippen LogP contribution >= 0.6 is 23.1 Å². The quantitative estimate of drug-likeness (QED) is 0.803. The van der Waals surface area contributed by atoms with Gasteiger partial charge in [-0.05, 0) is 43.0 Å². The van der Waals surface area contributed by atoms with Crippen molar-refractivity contribution in [2.45, 2.75) is 43.4 Å². The van der Waals surface area contributed by atoms with Gasteiger partial charge in [0.2, 0.25) is 10.0 Å². The van der Waals surface area contributed by atoms with Crippen LogP contribution in [0.25, 0.3) is 0 Å². The van der Waals surface area contributed by atoms with Crippen molar-refractivity contribution in [2.75, 3.05) is 18.8 Å². The first-order chi connectivity index (χ1) is 9.54. The summed E-state index contributed by atoms with van der Waals surface area (Å²) in [5.41, 5.74) is 0.842. The molecule has 1 atom stereocenters. The van der Waals surface area contributed by atoms with Crippen molar-refractivity contribution in [1.82, 2.24) is 10.0 Å². The normalized spacial score (nSPS) is 19.6. The molecule has 114 valence electrons. The topological polar surface area (TPSA) is 58.2 Å². The number of thiophene rings is 1. The summed E-state index contributed by atoms with van der Waals surface area (Å²) >= 11 is 3.38. The monoisotopic (exact) mass is 334 g/mol. The van der Waals surface area contributed by atoms with E-state index < -0.39 is 10.0 Å². The average molecular weight is 335 g/mol. The van der Waals surface area contributed by atoms with E-state index in [0.717, 1.165) is 29.2 Å². The largest absolute Gasteiger partial charge is 0.312 e. The Balaban J connectivity index is 2.09. The second kappa shape index (κ2) is 7.26. The molecule has 0 amide bonds. The molecule has 7 heteroatoms. The minimum absolute atomic E-state index is 0.431. The lowest BCUT2D eigenvalue weighted by Crippen LogP contribution is -2.31. The van der Waals surface area contributed by atoms with Gasteiger partial charge in [-0.15, -0.1) is 11.3 Å². The number of aryl methyl sites for hydroxylation is 1. The molecule has 2 N–H and O–H groups in total. The van der Waals surface area contributed by atoms with Gasteiger partial charge in [0.25, 0.3) is 0 Å². The maximum atomic E-state index is 12.5. The lowest BCUT2D eigenvalue weighted by molar-refractivity contribution is 0.577. The van der Waals surface area contributed by atoms with E-state index in [1.54, 1.807) is 0 Å². The van der Waals surface area contributed by atoms with Gasteiger partial charge in [-0.3, -0.25) is 0 Å². The van der Waals surface area contributed by atoms with E-state index in [2.05, 4.69) is 10.0 Å². The molecule has 0 bridgehead atoms. The van der Waals surface area contributed by atoms with Crippen LogP contribution < -0.4 is 10.0 Å². The minimum Gasteiger partial charge on any atom is -0.312 e. The van der Waals surface area contributed by atoms with Crippen molar-refractivity contribution in [3.8, 4) is 0 Å². The van der Waals surface area contributed by atoms with Gasteiger partial charge in [-0.25, -0.2) is 13.1 Å². The average Bonchev–Trinajstić information content (AvgIpc) is 3.03. The standard InChI is InChI=1S/C13H22N2O2S3/c1-3-14-8-12-13(10(2)9-19-12)20(16,17)15-7-11-5-4-6-18-11/h9,11,14-15H,3-8H2,1-2H3. The second-order valence-corrected chi connectivity index (χ2v) is 9.01. The predicted molar refractivity (Wildman–Crippen MR) is 87.1 cm³/mol. The molecule has 1 aromatic heterocycles. The van der Waals surface area contributed by atoms with E-state index in [1.807, 2.05) is 31.0 Å². The van der Waals surface area contributed by atoms with Crippen molar-refractivity contribution >= 4 is 33.1 Å². The molecule has 0 radical (unpaired) electrons. The first kappa shape index (κ1) is 16.3. The molecule has 0 aliphatic carbocycles. The van der Waals surface area contributed by atoms with Gasteiger partial charge >= 0.3 is 0 Å². The van der Waals surface area contributed by atoms with Crippen LogP contribution in [-0.2, 0) is 16.6 Å². The SMILES string of the molecule is CCNCc1scc(C)c1S(=O)(=O)NCC1CCCS1. The zero-order chi connectivity index (χ0) is 14.6. The van der Waals surface area contributed by atoms with Crippen LogP contribution in [0.15, 0.2) is 10.3 Å². The van der Waals surface area contributed by atoms with Crippen molar-refractivity contribution < 1.29 is 8.42 Å². The fourth-order valence-electron chi connectivity index (χ4n) is 2.29. The van der Waals surface area contributed by atoms with Gasteiger partial charge in [0.05, 0.1) is 0 Å². The Kier molecular flexibility index (Phi) is 5.92. The third-order valence-electron chi connectivity index (χ3n) is 3.32. The molecule has 1 fully saturated rings. The number of sulfonamides is 1. The van der Waals surface area contributed by atoms with Crippen molar-refractivity contribution in [1.29, 1.82) is 0 Å². The maximum absolute atomic E-state index is 12.5. The Labute approximate surface area is 129 Å². The zero-order valence-corrected chi connectivity index (χ0v) is 14.4. The molecule has 0 aromatic carbocycles. The van der Waals surface area contributed by atoms with Crippen LogP contribution in [-0.4, -0.2) is 32.5 Å². The number of thioether (sulfide) groups is 1. The van der Waals surface area contributed by atoms with E-state index in [0.29, 0.717) is 23.2 Å². The van der Waals surface area contributed by atoms with Crippen molar-refractivity contribution in [3.63, 3.8) is 0 Å². The number of hydrogen-bond donors (Lipinski definition) is 2. The fourth-order valence-corrected chi connectivity index (χ4v) is 6.45. The highest BCUT2D eigenvalue weighted by molar-refractivity contribution is 8.00. The van der Waals surface area contributed by atoms with Gasteiger partial charge < -0.3 is 5.32 Å². The molecular weight excluding hydrogens is 312 g/mol. The summed E-state index contributed by atoms with van der Waals surface area (Å²) in [4.78, 5) is 1.38. The smallest absolute Gasteiger partial charge is 0.242 e. The van der Waals surface area contributed by atoms with Crippen LogP contribution in [0.2, 0.25) is 0 Å². The van der Waals surface area contributed by atoms with Crippen LogP contribution in [0.3, 0.4) is 0 Å². The highest BCUT2D eigenvalue weighted by Gasteiger charge is 2.24. The molecule has 1 saturated heterocycles. The Bertz CT molecular complexity index is 534. The summed E-state index contributed by atoms with van der Waals surface area (Å²) in [6.45, 7) is 5.88. The lowest BCUT2D eigenvalue weighted by Gasteiger charge is -2.12.